The largest absolute Gasteiger partial charge is 0.494 e. The molecule has 0 saturated carbocycles. The maximum Gasteiger partial charge on any atom is 0.244 e. The summed E-state index contributed by atoms with van der Waals surface area (Å²) < 4.78 is 6.30. The van der Waals surface area contributed by atoms with E-state index in [1.54, 1.807) is 6.08 Å². The number of nitrogens with zero attached hydrogens (tertiary/aromatic N) is 1. The van der Waals surface area contributed by atoms with Gasteiger partial charge in [0.1, 0.15) is 15.8 Å². The van der Waals surface area contributed by atoms with Gasteiger partial charge in [-0.1, -0.05) is 23.9 Å². The number of ether oxygens (including phenoxy) is 1. The molecule has 0 unspecified atom stereocenters. The topological polar surface area (TPSA) is 38.7 Å². The summed E-state index contributed by atoms with van der Waals surface area (Å²) >= 11 is 2.71. The number of aliphatic imine (C=N–C) groups is 1. The second kappa shape index (κ2) is 7.52. The fourth-order valence-corrected chi connectivity index (χ4v) is 3.42. The first-order valence-corrected chi connectivity index (χ1v) is 8.44. The van der Waals surface area contributed by atoms with Crippen LogP contribution in [0.2, 0.25) is 0 Å². The van der Waals surface area contributed by atoms with Crippen LogP contribution >= 0.6 is 23.5 Å². The van der Waals surface area contributed by atoms with Gasteiger partial charge in [0.25, 0.3) is 0 Å². The van der Waals surface area contributed by atoms with Crippen LogP contribution in [-0.2, 0) is 4.79 Å². The number of benzene rings is 1. The van der Waals surface area contributed by atoms with Crippen molar-refractivity contribution in [1.82, 2.24) is 0 Å². The Hall–Kier alpha value is -1.46. The predicted octanol–water partition coefficient (Wildman–Crippen LogP) is 4.28. The molecule has 0 bridgehead atoms. The summed E-state index contributed by atoms with van der Waals surface area (Å²) in [6.45, 7) is 8.26. The molecule has 0 N–H and O–H groups in total. The number of carbonyl (C=O) groups is 1. The van der Waals surface area contributed by atoms with Crippen LogP contribution in [-0.4, -0.2) is 21.9 Å². The molecule has 2 rings (SSSR count). The van der Waals surface area contributed by atoms with E-state index in [2.05, 4.69) is 11.6 Å². The van der Waals surface area contributed by atoms with Crippen LogP contribution in [0.4, 0.5) is 0 Å². The van der Waals surface area contributed by atoms with E-state index >= 15 is 0 Å². The summed E-state index contributed by atoms with van der Waals surface area (Å²) in [5.41, 5.74) is 2.50. The van der Waals surface area contributed by atoms with Gasteiger partial charge in [0, 0.05) is 5.75 Å². The van der Waals surface area contributed by atoms with Gasteiger partial charge in [-0.15, -0.1) is 6.58 Å². The fraction of sp³-hybridized carbons (Fsp3) is 0.250. The Balaban J connectivity index is 2.19. The zero-order chi connectivity index (χ0) is 15.2. The molecule has 0 saturated heterocycles. The van der Waals surface area contributed by atoms with Crippen LogP contribution < -0.4 is 4.74 Å². The standard InChI is InChI=1S/C16H17NO2S2/c1-4-8-20-16-17-13(15(18)21-16)10-12-6-7-14(19-5-2)11(3)9-12/h4,6-7,9-10H,1,5,8H2,2-3H3/b13-10+. The van der Waals surface area contributed by atoms with Gasteiger partial charge < -0.3 is 4.74 Å². The molecule has 0 aromatic heterocycles. The molecule has 0 spiro atoms. The third-order valence-electron chi connectivity index (χ3n) is 2.73. The van der Waals surface area contributed by atoms with Crippen LogP contribution in [0, 0.1) is 6.92 Å². The molecule has 1 heterocycles. The maximum absolute atomic E-state index is 11.9. The van der Waals surface area contributed by atoms with E-state index in [1.165, 1.54) is 23.5 Å². The molecule has 1 aliphatic rings. The van der Waals surface area contributed by atoms with Crippen molar-refractivity contribution in [3.8, 4) is 5.75 Å². The van der Waals surface area contributed by atoms with Crippen molar-refractivity contribution >= 4 is 39.1 Å². The normalized spacial score (nSPS) is 16.2. The molecule has 110 valence electrons. The average molecular weight is 319 g/mol. The third-order valence-corrected chi connectivity index (χ3v) is 4.73. The number of hydrogen-bond acceptors (Lipinski definition) is 5. The van der Waals surface area contributed by atoms with E-state index in [1.807, 2.05) is 38.1 Å². The van der Waals surface area contributed by atoms with Gasteiger partial charge in [-0.2, -0.15) is 0 Å². The molecule has 0 atom stereocenters. The first-order valence-electron chi connectivity index (χ1n) is 6.63. The van der Waals surface area contributed by atoms with Gasteiger partial charge >= 0.3 is 0 Å². The van der Waals surface area contributed by atoms with E-state index < -0.39 is 0 Å². The van der Waals surface area contributed by atoms with Gasteiger partial charge in [0.15, 0.2) is 0 Å². The molecule has 0 aliphatic carbocycles. The maximum atomic E-state index is 11.9. The van der Waals surface area contributed by atoms with Gasteiger partial charge in [-0.3, -0.25) is 4.79 Å². The lowest BCUT2D eigenvalue weighted by Crippen LogP contribution is -1.94. The van der Waals surface area contributed by atoms with Crippen molar-refractivity contribution in [3.05, 3.63) is 47.7 Å². The molecule has 1 aromatic carbocycles. The highest BCUT2D eigenvalue weighted by Crippen LogP contribution is 2.31. The summed E-state index contributed by atoms with van der Waals surface area (Å²) in [6.07, 6.45) is 3.62. The zero-order valence-electron chi connectivity index (χ0n) is 12.1. The highest BCUT2D eigenvalue weighted by molar-refractivity contribution is 8.45. The Morgan fingerprint density at radius 3 is 2.95 bits per heavy atom. The van der Waals surface area contributed by atoms with Crippen LogP contribution in [0.1, 0.15) is 18.1 Å². The summed E-state index contributed by atoms with van der Waals surface area (Å²) in [5, 5.41) is -0.00639. The second-order valence-corrected chi connectivity index (χ2v) is 6.58. The quantitative estimate of drug-likeness (QED) is 0.600. The summed E-state index contributed by atoms with van der Waals surface area (Å²) in [6, 6.07) is 5.86. The first kappa shape index (κ1) is 15.9. The first-order chi connectivity index (χ1) is 10.1. The Bertz CT molecular complexity index is 621. The lowest BCUT2D eigenvalue weighted by Gasteiger charge is -2.07. The Labute approximate surface area is 133 Å². The monoisotopic (exact) mass is 319 g/mol. The van der Waals surface area contributed by atoms with Gasteiger partial charge in [-0.25, -0.2) is 4.99 Å². The SMILES string of the molecule is C=CCSC1=N/C(=C/c2ccc(OCC)c(C)c2)C(=O)S1. The minimum atomic E-state index is -0.00639. The van der Waals surface area contributed by atoms with Crippen LogP contribution in [0.5, 0.6) is 5.75 Å². The Morgan fingerprint density at radius 2 is 2.29 bits per heavy atom. The predicted molar refractivity (Wildman–Crippen MR) is 93.0 cm³/mol. The second-order valence-electron chi connectivity index (χ2n) is 4.35. The molecule has 0 amide bonds. The van der Waals surface area contributed by atoms with Gasteiger partial charge in [-0.05, 0) is 54.9 Å². The lowest BCUT2D eigenvalue weighted by atomic mass is 10.1. The molecule has 3 nitrogen and oxygen atoms in total. The van der Waals surface area contributed by atoms with Crippen LogP contribution in [0.3, 0.4) is 0 Å². The number of aryl methyl sites for hydroxylation is 1. The van der Waals surface area contributed by atoms with Crippen molar-refractivity contribution in [2.45, 2.75) is 13.8 Å². The third kappa shape index (κ3) is 4.25. The summed E-state index contributed by atoms with van der Waals surface area (Å²) in [7, 11) is 0. The van der Waals surface area contributed by atoms with E-state index in [0.29, 0.717) is 12.3 Å². The van der Waals surface area contributed by atoms with Crippen LogP contribution in [0.15, 0.2) is 41.5 Å². The Kier molecular flexibility index (Phi) is 5.70. The van der Waals surface area contributed by atoms with E-state index in [-0.39, 0.29) is 5.12 Å². The Morgan fingerprint density at radius 1 is 1.48 bits per heavy atom. The fourth-order valence-electron chi connectivity index (χ4n) is 1.82. The lowest BCUT2D eigenvalue weighted by molar-refractivity contribution is -0.107. The minimum Gasteiger partial charge on any atom is -0.494 e. The molecule has 1 aromatic rings. The van der Waals surface area contributed by atoms with Crippen molar-refractivity contribution in [2.75, 3.05) is 12.4 Å². The summed E-state index contributed by atoms with van der Waals surface area (Å²) in [5.74, 6) is 1.63. The highest BCUT2D eigenvalue weighted by Gasteiger charge is 2.22. The van der Waals surface area contributed by atoms with E-state index in [4.69, 9.17) is 4.74 Å². The van der Waals surface area contributed by atoms with Crippen molar-refractivity contribution in [3.63, 3.8) is 0 Å². The molecule has 0 radical (unpaired) electrons. The number of thioether (sulfide) groups is 2. The number of carbonyl (C=O) groups excluding carboxylic acids is 1. The zero-order valence-corrected chi connectivity index (χ0v) is 13.7. The van der Waals surface area contributed by atoms with Gasteiger partial charge in [0.05, 0.1) is 6.61 Å². The smallest absolute Gasteiger partial charge is 0.244 e. The molecule has 0 fully saturated rings. The molecule has 1 aliphatic heterocycles. The number of hydrogen-bond donors (Lipinski definition) is 0. The van der Waals surface area contributed by atoms with Crippen molar-refractivity contribution in [1.29, 1.82) is 0 Å². The number of rotatable bonds is 5. The van der Waals surface area contributed by atoms with Crippen molar-refractivity contribution in [2.24, 2.45) is 4.99 Å². The molecular formula is C16H17NO2S2. The highest BCUT2D eigenvalue weighted by atomic mass is 32.2. The van der Waals surface area contributed by atoms with Crippen LogP contribution in [0.25, 0.3) is 6.08 Å². The average Bonchev–Trinajstić information content (AvgIpc) is 2.80. The van der Waals surface area contributed by atoms with E-state index in [0.717, 1.165) is 27.0 Å². The summed E-state index contributed by atoms with van der Waals surface area (Å²) in [4.78, 5) is 16.3. The van der Waals surface area contributed by atoms with Crippen molar-refractivity contribution < 1.29 is 9.53 Å². The molecular weight excluding hydrogens is 302 g/mol. The van der Waals surface area contributed by atoms with Gasteiger partial charge in [0.2, 0.25) is 5.12 Å². The molecule has 21 heavy (non-hydrogen) atoms. The minimum absolute atomic E-state index is 0.00639. The van der Waals surface area contributed by atoms with E-state index in [9.17, 15) is 4.79 Å². The molecule has 5 heteroatoms.